The Morgan fingerprint density at radius 1 is 1.11 bits per heavy atom. The summed E-state index contributed by atoms with van der Waals surface area (Å²) in [6.07, 6.45) is 0. The fourth-order valence-electron chi connectivity index (χ4n) is 1.65. The van der Waals surface area contributed by atoms with Crippen LogP contribution in [0.25, 0.3) is 0 Å². The van der Waals surface area contributed by atoms with E-state index in [4.69, 9.17) is 11.6 Å². The molecule has 0 aliphatic heterocycles. The quantitative estimate of drug-likeness (QED) is 0.578. The fourth-order valence-corrected chi connectivity index (χ4v) is 3.22. The lowest BCUT2D eigenvalue weighted by Gasteiger charge is -2.07. The first-order chi connectivity index (χ1) is 9.25. The van der Waals surface area contributed by atoms with Crippen LogP contribution in [-0.4, -0.2) is 12.3 Å². The molecule has 0 heterocycles. The van der Waals surface area contributed by atoms with Crippen molar-refractivity contribution in [1.29, 1.82) is 0 Å². The molecule has 0 bridgehead atoms. The zero-order chi connectivity index (χ0) is 13.5. The summed E-state index contributed by atoms with van der Waals surface area (Å²) in [6, 6.07) is 16.4. The predicted molar refractivity (Wildman–Crippen MR) is 88.0 cm³/mol. The van der Waals surface area contributed by atoms with Crippen molar-refractivity contribution in [3.05, 3.63) is 63.6 Å². The molecule has 2 aromatic carbocycles. The third-order valence-corrected chi connectivity index (χ3v) is 4.48. The van der Waals surface area contributed by atoms with E-state index in [1.54, 1.807) is 0 Å². The number of hydrogen-bond acceptors (Lipinski definition) is 2. The van der Waals surface area contributed by atoms with Gasteiger partial charge in [0.15, 0.2) is 0 Å². The Morgan fingerprint density at radius 2 is 1.89 bits per heavy atom. The van der Waals surface area contributed by atoms with Crippen LogP contribution in [-0.2, 0) is 6.54 Å². The first-order valence-corrected chi connectivity index (χ1v) is 8.24. The largest absolute Gasteiger partial charge is 0.312 e. The van der Waals surface area contributed by atoms with Crippen molar-refractivity contribution in [2.24, 2.45) is 0 Å². The van der Waals surface area contributed by atoms with Gasteiger partial charge in [-0.25, -0.2) is 0 Å². The third-order valence-electron chi connectivity index (χ3n) is 2.62. The molecule has 0 amide bonds. The lowest BCUT2D eigenvalue weighted by molar-refractivity contribution is 0.732. The molecule has 4 heteroatoms. The molecule has 100 valence electrons. The van der Waals surface area contributed by atoms with Crippen LogP contribution in [0.3, 0.4) is 0 Å². The smallest absolute Gasteiger partial charge is 0.0462 e. The van der Waals surface area contributed by atoms with E-state index in [-0.39, 0.29) is 0 Å². The van der Waals surface area contributed by atoms with Crippen LogP contribution in [0.2, 0.25) is 5.02 Å². The number of rotatable bonds is 6. The van der Waals surface area contributed by atoms with E-state index in [9.17, 15) is 0 Å². The van der Waals surface area contributed by atoms with Crippen molar-refractivity contribution in [3.8, 4) is 0 Å². The third kappa shape index (κ3) is 5.19. The SMILES string of the molecule is Clc1cc(Br)ccc1CNCCSc1ccccc1. The van der Waals surface area contributed by atoms with Crippen LogP contribution < -0.4 is 5.32 Å². The van der Waals surface area contributed by atoms with Crippen LogP contribution in [0, 0.1) is 0 Å². The van der Waals surface area contributed by atoms with E-state index in [0.29, 0.717) is 0 Å². The summed E-state index contributed by atoms with van der Waals surface area (Å²) in [4.78, 5) is 1.31. The van der Waals surface area contributed by atoms with Gasteiger partial charge in [0.05, 0.1) is 0 Å². The molecule has 1 nitrogen and oxygen atoms in total. The summed E-state index contributed by atoms with van der Waals surface area (Å²) in [5, 5.41) is 4.21. The zero-order valence-electron chi connectivity index (χ0n) is 10.4. The highest BCUT2D eigenvalue weighted by atomic mass is 79.9. The first kappa shape index (κ1) is 14.9. The standard InChI is InChI=1S/C15H15BrClNS/c16-13-7-6-12(15(17)10-13)11-18-8-9-19-14-4-2-1-3-5-14/h1-7,10,18H,8-9,11H2. The van der Waals surface area contributed by atoms with Crippen LogP contribution in [0.1, 0.15) is 5.56 Å². The molecule has 19 heavy (non-hydrogen) atoms. The summed E-state index contributed by atoms with van der Waals surface area (Å²) in [6.45, 7) is 1.77. The predicted octanol–water partition coefficient (Wildman–Crippen LogP) is 4.98. The van der Waals surface area contributed by atoms with Gasteiger partial charge in [-0.3, -0.25) is 0 Å². The average molecular weight is 357 g/mol. The fraction of sp³-hybridized carbons (Fsp3) is 0.200. The summed E-state index contributed by atoms with van der Waals surface area (Å²) in [5.41, 5.74) is 1.13. The molecule has 0 aliphatic rings. The molecule has 0 unspecified atom stereocenters. The number of benzene rings is 2. The van der Waals surface area contributed by atoms with Crippen molar-refractivity contribution in [3.63, 3.8) is 0 Å². The normalized spacial score (nSPS) is 10.6. The molecule has 2 rings (SSSR count). The van der Waals surface area contributed by atoms with Crippen LogP contribution in [0.4, 0.5) is 0 Å². The maximum absolute atomic E-state index is 6.16. The average Bonchev–Trinajstić information content (AvgIpc) is 2.42. The molecule has 0 atom stereocenters. The van der Waals surface area contributed by atoms with Gasteiger partial charge in [-0.2, -0.15) is 0 Å². The van der Waals surface area contributed by atoms with Gasteiger partial charge < -0.3 is 5.32 Å². The Hall–Kier alpha value is -0.480. The first-order valence-electron chi connectivity index (χ1n) is 6.08. The van der Waals surface area contributed by atoms with Gasteiger partial charge in [0.2, 0.25) is 0 Å². The monoisotopic (exact) mass is 355 g/mol. The number of halogens is 2. The van der Waals surface area contributed by atoms with E-state index in [2.05, 4.69) is 45.5 Å². The maximum Gasteiger partial charge on any atom is 0.0462 e. The van der Waals surface area contributed by atoms with Gasteiger partial charge in [0.25, 0.3) is 0 Å². The van der Waals surface area contributed by atoms with E-state index in [1.165, 1.54) is 4.90 Å². The molecular weight excluding hydrogens is 342 g/mol. The molecule has 0 saturated carbocycles. The molecule has 1 N–H and O–H groups in total. The molecular formula is C15H15BrClNS. The van der Waals surface area contributed by atoms with Gasteiger partial charge in [-0.05, 0) is 29.8 Å². The second kappa shape index (κ2) is 7.95. The topological polar surface area (TPSA) is 12.0 Å². The summed E-state index contributed by atoms with van der Waals surface area (Å²) in [7, 11) is 0. The van der Waals surface area contributed by atoms with Gasteiger partial charge in [0.1, 0.15) is 0 Å². The van der Waals surface area contributed by atoms with Gasteiger partial charge in [0, 0.05) is 33.2 Å². The van der Waals surface area contributed by atoms with Crippen molar-refractivity contribution in [1.82, 2.24) is 5.32 Å². The molecule has 0 radical (unpaired) electrons. The van der Waals surface area contributed by atoms with Crippen LogP contribution in [0.15, 0.2) is 57.9 Å². The van der Waals surface area contributed by atoms with Crippen molar-refractivity contribution in [2.45, 2.75) is 11.4 Å². The molecule has 0 saturated heterocycles. The van der Waals surface area contributed by atoms with Crippen molar-refractivity contribution in [2.75, 3.05) is 12.3 Å². The van der Waals surface area contributed by atoms with Gasteiger partial charge in [-0.15, -0.1) is 11.8 Å². The Kier molecular flexibility index (Phi) is 6.24. The molecule has 0 aromatic heterocycles. The van der Waals surface area contributed by atoms with Crippen LogP contribution in [0.5, 0.6) is 0 Å². The number of thioether (sulfide) groups is 1. The highest BCUT2D eigenvalue weighted by molar-refractivity contribution is 9.10. The minimum atomic E-state index is 0.803. The molecule has 0 fully saturated rings. The number of nitrogens with one attached hydrogen (secondary N) is 1. The maximum atomic E-state index is 6.16. The highest BCUT2D eigenvalue weighted by Crippen LogP contribution is 2.21. The minimum absolute atomic E-state index is 0.803. The Bertz CT molecular complexity index is 519. The van der Waals surface area contributed by atoms with Crippen molar-refractivity contribution < 1.29 is 0 Å². The summed E-state index contributed by atoms with van der Waals surface area (Å²) >= 11 is 11.4. The van der Waals surface area contributed by atoms with E-state index in [1.807, 2.05) is 36.0 Å². The van der Waals surface area contributed by atoms with Crippen LogP contribution >= 0.6 is 39.3 Å². The van der Waals surface area contributed by atoms with Gasteiger partial charge >= 0.3 is 0 Å². The minimum Gasteiger partial charge on any atom is -0.312 e. The molecule has 0 spiro atoms. The summed E-state index contributed by atoms with van der Waals surface area (Å²) < 4.78 is 1.01. The van der Waals surface area contributed by atoms with Gasteiger partial charge in [-0.1, -0.05) is 51.8 Å². The lowest BCUT2D eigenvalue weighted by Crippen LogP contribution is -2.16. The second-order valence-electron chi connectivity index (χ2n) is 4.07. The van der Waals surface area contributed by atoms with E-state index < -0.39 is 0 Å². The number of hydrogen-bond donors (Lipinski definition) is 1. The van der Waals surface area contributed by atoms with Crippen molar-refractivity contribution >= 4 is 39.3 Å². The van der Waals surface area contributed by atoms with E-state index >= 15 is 0 Å². The highest BCUT2D eigenvalue weighted by Gasteiger charge is 2.00. The Morgan fingerprint density at radius 3 is 2.63 bits per heavy atom. The molecule has 0 aliphatic carbocycles. The Balaban J connectivity index is 1.69. The lowest BCUT2D eigenvalue weighted by atomic mass is 10.2. The summed E-state index contributed by atoms with van der Waals surface area (Å²) in [5.74, 6) is 1.05. The second-order valence-corrected chi connectivity index (χ2v) is 6.57. The Labute approximate surface area is 131 Å². The zero-order valence-corrected chi connectivity index (χ0v) is 13.6. The van der Waals surface area contributed by atoms with E-state index in [0.717, 1.165) is 33.9 Å². The molecule has 2 aromatic rings.